The molecule has 2 aromatic carbocycles. The first-order valence-corrected chi connectivity index (χ1v) is 18.3. The van der Waals surface area contributed by atoms with Gasteiger partial charge < -0.3 is 29.7 Å². The van der Waals surface area contributed by atoms with E-state index < -0.39 is 11.0 Å². The van der Waals surface area contributed by atoms with Crippen LogP contribution < -0.4 is 10.2 Å². The van der Waals surface area contributed by atoms with E-state index in [2.05, 4.69) is 59.1 Å². The summed E-state index contributed by atoms with van der Waals surface area (Å²) in [7, 11) is 0. The number of nitrogens with zero attached hydrogens (tertiary/aromatic N) is 4. The number of nitriles is 1. The molecule has 0 bridgehead atoms. The third kappa shape index (κ3) is 6.14. The molecule has 1 aromatic heterocycles. The maximum atomic E-state index is 14.0. The number of fused-ring (bicyclic) bond motifs is 4. The molecular formula is C40H50N6O4. The molecule has 3 aromatic rings. The molecule has 3 heterocycles. The molecule has 0 radical (unpaired) electrons. The van der Waals surface area contributed by atoms with E-state index in [1.165, 1.54) is 0 Å². The summed E-state index contributed by atoms with van der Waals surface area (Å²) in [5.74, 6) is 0.227. The number of likely N-dealkylation sites (tertiary alicyclic amines) is 1. The summed E-state index contributed by atoms with van der Waals surface area (Å²) >= 11 is 0. The van der Waals surface area contributed by atoms with Crippen molar-refractivity contribution in [3.63, 3.8) is 0 Å². The van der Waals surface area contributed by atoms with E-state index in [-0.39, 0.29) is 29.2 Å². The topological polar surface area (TPSA) is 122 Å². The lowest BCUT2D eigenvalue weighted by molar-refractivity contribution is -0.131. The molecule has 2 saturated heterocycles. The van der Waals surface area contributed by atoms with Gasteiger partial charge in [0.1, 0.15) is 5.60 Å². The number of benzene rings is 2. The molecule has 2 aliphatic carbocycles. The number of aryl methyl sites for hydroxylation is 1. The summed E-state index contributed by atoms with van der Waals surface area (Å²) in [4.78, 5) is 50.1. The zero-order valence-electron chi connectivity index (χ0n) is 30.4. The Kier molecular flexibility index (Phi) is 8.49. The van der Waals surface area contributed by atoms with Crippen molar-refractivity contribution >= 4 is 34.4 Å². The van der Waals surface area contributed by atoms with Gasteiger partial charge in [-0.1, -0.05) is 26.8 Å². The Labute approximate surface area is 295 Å². The monoisotopic (exact) mass is 678 g/mol. The molecule has 50 heavy (non-hydrogen) atoms. The maximum absolute atomic E-state index is 14.0. The average Bonchev–Trinajstić information content (AvgIpc) is 3.63. The first kappa shape index (κ1) is 34.1. The lowest BCUT2D eigenvalue weighted by Gasteiger charge is -2.39. The minimum atomic E-state index is -0.518. The van der Waals surface area contributed by atoms with E-state index in [0.29, 0.717) is 30.6 Å². The second kappa shape index (κ2) is 12.4. The second-order valence-corrected chi connectivity index (χ2v) is 16.3. The van der Waals surface area contributed by atoms with Crippen molar-refractivity contribution in [1.82, 2.24) is 20.1 Å². The van der Waals surface area contributed by atoms with Crippen LogP contribution in [0.25, 0.3) is 10.9 Å². The summed E-state index contributed by atoms with van der Waals surface area (Å²) in [5.41, 5.74) is 6.21. The van der Waals surface area contributed by atoms with Crippen LogP contribution in [0.1, 0.15) is 106 Å². The second-order valence-electron chi connectivity index (χ2n) is 16.3. The number of anilines is 1. The van der Waals surface area contributed by atoms with Gasteiger partial charge in [-0.2, -0.15) is 5.26 Å². The number of carbonyl (C=O) groups is 3. The number of H-pyrrole nitrogens is 1. The Morgan fingerprint density at radius 2 is 1.84 bits per heavy atom. The standard InChI is InChI=1S/C40H50N6O4/c1-7-26-20-28-29(39(5,6)36-34(35(28)48)27-11-10-25(22-41)19-30(27)42-36)21-31(26)45-15-17-46(18-16-45)33(47)9-8-14-44-23-32(40(24-44)12-13-40)43-37(49)50-38(2,3)4/h10-11,19-21,32,42H,7-9,12-18,23-24H2,1-6H3,(H,43,49)/t32-/m0/s1. The summed E-state index contributed by atoms with van der Waals surface area (Å²) < 4.78 is 5.51. The van der Waals surface area contributed by atoms with Crippen LogP contribution >= 0.6 is 0 Å². The van der Waals surface area contributed by atoms with Gasteiger partial charge >= 0.3 is 6.09 Å². The number of alkyl carbamates (subject to hydrolysis) is 1. The van der Waals surface area contributed by atoms with Crippen LogP contribution in [0.4, 0.5) is 10.5 Å². The van der Waals surface area contributed by atoms with Crippen LogP contribution in [0, 0.1) is 16.7 Å². The lowest BCUT2D eigenvalue weighted by Crippen LogP contribution is -2.49. The predicted molar refractivity (Wildman–Crippen MR) is 194 cm³/mol. The predicted octanol–water partition coefficient (Wildman–Crippen LogP) is 5.89. The van der Waals surface area contributed by atoms with Gasteiger partial charge in [0.05, 0.1) is 23.2 Å². The Bertz CT molecular complexity index is 1900. The molecule has 3 fully saturated rings. The van der Waals surface area contributed by atoms with Crippen molar-refractivity contribution in [3.8, 4) is 6.07 Å². The number of ether oxygens (including phenoxy) is 1. The van der Waals surface area contributed by atoms with Crippen LogP contribution in [-0.2, 0) is 21.4 Å². The highest BCUT2D eigenvalue weighted by atomic mass is 16.6. The molecule has 1 atom stereocenters. The highest BCUT2D eigenvalue weighted by Gasteiger charge is 2.55. The fraction of sp³-hybridized carbons (Fsp3) is 0.550. The zero-order valence-corrected chi connectivity index (χ0v) is 30.4. The number of aromatic amines is 1. The van der Waals surface area contributed by atoms with Crippen molar-refractivity contribution in [2.75, 3.05) is 50.7 Å². The van der Waals surface area contributed by atoms with Gasteiger partial charge in [0.25, 0.3) is 0 Å². The molecule has 2 N–H and O–H groups in total. The summed E-state index contributed by atoms with van der Waals surface area (Å²) in [5, 5.41) is 13.4. The van der Waals surface area contributed by atoms with Gasteiger partial charge in [0.2, 0.25) is 5.91 Å². The largest absolute Gasteiger partial charge is 0.444 e. The van der Waals surface area contributed by atoms with Crippen molar-refractivity contribution in [2.45, 2.75) is 90.7 Å². The Morgan fingerprint density at radius 3 is 2.50 bits per heavy atom. The Morgan fingerprint density at radius 1 is 1.10 bits per heavy atom. The number of nitrogens with one attached hydrogen (secondary N) is 2. The molecular weight excluding hydrogens is 628 g/mol. The quantitative estimate of drug-likeness (QED) is 0.320. The van der Waals surface area contributed by atoms with Gasteiger partial charge in [-0.25, -0.2) is 4.79 Å². The van der Waals surface area contributed by atoms with E-state index in [1.807, 2.05) is 37.8 Å². The molecule has 2 aliphatic heterocycles. The van der Waals surface area contributed by atoms with Crippen molar-refractivity contribution < 1.29 is 19.1 Å². The number of carbonyl (C=O) groups excluding carboxylic acids is 3. The zero-order chi connectivity index (χ0) is 35.6. The fourth-order valence-electron chi connectivity index (χ4n) is 8.52. The minimum absolute atomic E-state index is 0.0259. The number of hydrogen-bond donors (Lipinski definition) is 2. The number of piperazine rings is 1. The third-order valence-electron chi connectivity index (χ3n) is 11.4. The van der Waals surface area contributed by atoms with E-state index >= 15 is 0 Å². The molecule has 1 spiro atoms. The highest BCUT2D eigenvalue weighted by Crippen LogP contribution is 2.53. The van der Waals surface area contributed by atoms with Gasteiger partial charge in [-0.3, -0.25) is 9.59 Å². The van der Waals surface area contributed by atoms with Gasteiger partial charge in [-0.05, 0) is 88.4 Å². The molecule has 0 unspecified atom stereocenters. The Hall–Kier alpha value is -4.36. The van der Waals surface area contributed by atoms with Crippen LogP contribution in [0.5, 0.6) is 0 Å². The van der Waals surface area contributed by atoms with Gasteiger partial charge in [0, 0.05) is 84.4 Å². The number of hydrogen-bond acceptors (Lipinski definition) is 7. The Balaban J connectivity index is 0.972. The number of rotatable bonds is 7. The van der Waals surface area contributed by atoms with E-state index in [0.717, 1.165) is 97.4 Å². The van der Waals surface area contributed by atoms with Crippen molar-refractivity contribution in [3.05, 3.63) is 63.8 Å². The SMILES string of the molecule is CCc1cc2c(cc1N1CCN(C(=O)CCCN3C[C@H](NC(=O)OC(C)(C)C)C4(CC4)C3)CC1)C(C)(C)c1[nH]c3cc(C#N)ccc3c1C2=O. The highest BCUT2D eigenvalue weighted by molar-refractivity contribution is 6.20. The van der Waals surface area contributed by atoms with Gasteiger partial charge in [0.15, 0.2) is 5.78 Å². The molecule has 10 heteroatoms. The maximum Gasteiger partial charge on any atom is 0.407 e. The average molecular weight is 679 g/mol. The molecule has 1 saturated carbocycles. The third-order valence-corrected chi connectivity index (χ3v) is 11.4. The molecule has 10 nitrogen and oxygen atoms in total. The number of ketones is 1. The summed E-state index contributed by atoms with van der Waals surface area (Å²) in [6.07, 6.45) is 4.02. The van der Waals surface area contributed by atoms with Crippen LogP contribution in [-0.4, -0.2) is 90.0 Å². The van der Waals surface area contributed by atoms with Crippen LogP contribution in [0.3, 0.4) is 0 Å². The van der Waals surface area contributed by atoms with Crippen LogP contribution in [0.15, 0.2) is 30.3 Å². The number of aromatic nitrogens is 1. The number of amides is 2. The normalized spacial score (nSPS) is 20.8. The minimum Gasteiger partial charge on any atom is -0.444 e. The van der Waals surface area contributed by atoms with E-state index in [4.69, 9.17) is 4.74 Å². The first-order chi connectivity index (χ1) is 23.7. The van der Waals surface area contributed by atoms with E-state index in [1.54, 1.807) is 6.07 Å². The van der Waals surface area contributed by atoms with Gasteiger partial charge in [-0.15, -0.1) is 0 Å². The molecule has 4 aliphatic rings. The lowest BCUT2D eigenvalue weighted by atomic mass is 9.70. The van der Waals surface area contributed by atoms with Crippen molar-refractivity contribution in [2.24, 2.45) is 5.41 Å². The first-order valence-electron chi connectivity index (χ1n) is 18.3. The van der Waals surface area contributed by atoms with Crippen molar-refractivity contribution in [1.29, 1.82) is 5.26 Å². The van der Waals surface area contributed by atoms with E-state index in [9.17, 15) is 19.6 Å². The summed E-state index contributed by atoms with van der Waals surface area (Å²) in [6.45, 7) is 17.5. The molecule has 264 valence electrons. The summed E-state index contributed by atoms with van der Waals surface area (Å²) in [6, 6.07) is 12.1. The van der Waals surface area contributed by atoms with Crippen LogP contribution in [0.2, 0.25) is 0 Å². The molecule has 2 amide bonds. The fourth-order valence-corrected chi connectivity index (χ4v) is 8.52. The molecule has 7 rings (SSSR count). The smallest absolute Gasteiger partial charge is 0.407 e.